The molecule has 27 heavy (non-hydrogen) atoms. The Hall–Kier alpha value is -3.87. The Kier molecular flexibility index (Phi) is 4.40. The molecule has 1 N–H and O–H groups in total. The lowest BCUT2D eigenvalue weighted by Gasteiger charge is -2.08. The first-order chi connectivity index (χ1) is 13.2. The number of amides is 1. The van der Waals surface area contributed by atoms with Crippen molar-refractivity contribution in [1.29, 1.82) is 0 Å². The van der Waals surface area contributed by atoms with Crippen LogP contribution in [0.4, 0.5) is 5.69 Å². The molecule has 2 aromatic heterocycles. The van der Waals surface area contributed by atoms with E-state index in [0.29, 0.717) is 22.7 Å². The third-order valence-electron chi connectivity index (χ3n) is 3.84. The van der Waals surface area contributed by atoms with Crippen LogP contribution in [0.25, 0.3) is 11.2 Å². The van der Waals surface area contributed by atoms with Crippen LogP contribution in [0.1, 0.15) is 0 Å². The van der Waals surface area contributed by atoms with Crippen LogP contribution in [-0.2, 0) is 11.3 Å². The van der Waals surface area contributed by atoms with Gasteiger partial charge in [0, 0.05) is 11.9 Å². The number of anilines is 1. The molecule has 7 heteroatoms. The molecule has 1 amide bonds. The molecular formula is C20H15N3O4. The first-order valence-corrected chi connectivity index (χ1v) is 8.26. The normalized spacial score (nSPS) is 10.7. The number of fused-ring (bicyclic) bond motifs is 1. The maximum Gasteiger partial charge on any atom is 0.421 e. The van der Waals surface area contributed by atoms with Crippen LogP contribution in [0.2, 0.25) is 0 Å². The minimum Gasteiger partial charge on any atom is -0.457 e. The summed E-state index contributed by atoms with van der Waals surface area (Å²) >= 11 is 0. The lowest BCUT2D eigenvalue weighted by Crippen LogP contribution is -2.25. The SMILES string of the molecule is O=C(Cn1c(=O)oc2cccnc21)Nc1ccc(Oc2ccccc2)cc1. The number of hydrogen-bond acceptors (Lipinski definition) is 5. The van der Waals surface area contributed by atoms with Gasteiger partial charge in [-0.2, -0.15) is 0 Å². The van der Waals surface area contributed by atoms with E-state index in [1.165, 1.54) is 10.8 Å². The van der Waals surface area contributed by atoms with Gasteiger partial charge in [-0.1, -0.05) is 18.2 Å². The number of nitrogens with one attached hydrogen (secondary N) is 1. The fourth-order valence-corrected chi connectivity index (χ4v) is 2.61. The van der Waals surface area contributed by atoms with Gasteiger partial charge in [0.05, 0.1) is 0 Å². The summed E-state index contributed by atoms with van der Waals surface area (Å²) in [7, 11) is 0. The van der Waals surface area contributed by atoms with E-state index in [2.05, 4.69) is 10.3 Å². The fourth-order valence-electron chi connectivity index (χ4n) is 2.61. The molecule has 0 saturated heterocycles. The summed E-state index contributed by atoms with van der Waals surface area (Å²) in [6.07, 6.45) is 1.54. The van der Waals surface area contributed by atoms with Crippen LogP contribution in [0, 0.1) is 0 Å². The number of carbonyl (C=O) groups excluding carboxylic acids is 1. The summed E-state index contributed by atoms with van der Waals surface area (Å²) in [5.41, 5.74) is 1.27. The highest BCUT2D eigenvalue weighted by atomic mass is 16.5. The van der Waals surface area contributed by atoms with E-state index in [4.69, 9.17) is 9.15 Å². The van der Waals surface area contributed by atoms with Gasteiger partial charge >= 0.3 is 5.76 Å². The van der Waals surface area contributed by atoms with Crippen molar-refractivity contribution in [3.05, 3.63) is 83.5 Å². The van der Waals surface area contributed by atoms with Crippen molar-refractivity contribution in [3.63, 3.8) is 0 Å². The van der Waals surface area contributed by atoms with E-state index in [0.717, 1.165) is 5.75 Å². The molecular weight excluding hydrogens is 346 g/mol. The monoisotopic (exact) mass is 361 g/mol. The molecule has 0 spiro atoms. The van der Waals surface area contributed by atoms with Gasteiger partial charge in [0.25, 0.3) is 0 Å². The summed E-state index contributed by atoms with van der Waals surface area (Å²) < 4.78 is 12.0. The molecule has 0 fully saturated rings. The number of oxazole rings is 1. The van der Waals surface area contributed by atoms with Crippen LogP contribution in [0.15, 0.2) is 82.1 Å². The zero-order valence-electron chi connectivity index (χ0n) is 14.2. The Morgan fingerprint density at radius 2 is 1.74 bits per heavy atom. The van der Waals surface area contributed by atoms with Crippen LogP contribution in [0.5, 0.6) is 11.5 Å². The fraction of sp³-hybridized carbons (Fsp3) is 0.0500. The van der Waals surface area contributed by atoms with Gasteiger partial charge in [0.15, 0.2) is 11.2 Å². The predicted molar refractivity (Wildman–Crippen MR) is 99.9 cm³/mol. The van der Waals surface area contributed by atoms with Crippen molar-refractivity contribution in [1.82, 2.24) is 9.55 Å². The smallest absolute Gasteiger partial charge is 0.421 e. The Labute approximate surface area is 153 Å². The summed E-state index contributed by atoms with van der Waals surface area (Å²) in [5.74, 6) is 0.404. The van der Waals surface area contributed by atoms with Crippen LogP contribution >= 0.6 is 0 Å². The molecule has 0 atom stereocenters. The lowest BCUT2D eigenvalue weighted by atomic mass is 10.3. The standard InChI is InChI=1S/C20H15N3O4/c24-18(13-23-19-17(27-20(23)25)7-4-12-21-19)22-14-8-10-16(11-9-14)26-15-5-2-1-3-6-15/h1-12H,13H2,(H,22,24). The van der Waals surface area contributed by atoms with Crippen molar-refractivity contribution >= 4 is 22.8 Å². The molecule has 0 aliphatic rings. The van der Waals surface area contributed by atoms with Gasteiger partial charge < -0.3 is 14.5 Å². The zero-order chi connectivity index (χ0) is 18.6. The number of nitrogens with zero attached hydrogens (tertiary/aromatic N) is 2. The third kappa shape index (κ3) is 3.72. The van der Waals surface area contributed by atoms with Crippen molar-refractivity contribution in [2.24, 2.45) is 0 Å². The molecule has 4 rings (SSSR count). The highest BCUT2D eigenvalue weighted by molar-refractivity contribution is 5.91. The predicted octanol–water partition coefficient (Wildman–Crippen LogP) is 3.42. The quantitative estimate of drug-likeness (QED) is 0.589. The second-order valence-corrected chi connectivity index (χ2v) is 5.77. The number of carbonyl (C=O) groups is 1. The number of ether oxygens (including phenoxy) is 1. The van der Waals surface area contributed by atoms with Gasteiger partial charge in [0.2, 0.25) is 5.91 Å². The average molecular weight is 361 g/mol. The van der Waals surface area contributed by atoms with Gasteiger partial charge in [0.1, 0.15) is 18.0 Å². The van der Waals surface area contributed by atoms with Gasteiger partial charge in [-0.25, -0.2) is 14.3 Å². The molecule has 134 valence electrons. The Bertz CT molecular complexity index is 1130. The topological polar surface area (TPSA) is 86.4 Å². The minimum absolute atomic E-state index is 0.189. The van der Waals surface area contributed by atoms with Crippen LogP contribution in [0.3, 0.4) is 0 Å². The van der Waals surface area contributed by atoms with Crippen molar-refractivity contribution in [3.8, 4) is 11.5 Å². The maximum absolute atomic E-state index is 12.3. The Morgan fingerprint density at radius 3 is 2.52 bits per heavy atom. The van der Waals surface area contributed by atoms with E-state index in [9.17, 15) is 9.59 Å². The first kappa shape index (κ1) is 16.6. The summed E-state index contributed by atoms with van der Waals surface area (Å²) in [4.78, 5) is 28.3. The minimum atomic E-state index is -0.620. The highest BCUT2D eigenvalue weighted by Crippen LogP contribution is 2.22. The van der Waals surface area contributed by atoms with Crippen molar-refractivity contribution in [2.45, 2.75) is 6.54 Å². The van der Waals surface area contributed by atoms with E-state index in [-0.39, 0.29) is 12.5 Å². The van der Waals surface area contributed by atoms with Gasteiger partial charge in [-0.3, -0.25) is 4.79 Å². The number of aromatic nitrogens is 2. The molecule has 2 heterocycles. The molecule has 0 bridgehead atoms. The molecule has 0 aliphatic heterocycles. The van der Waals surface area contributed by atoms with E-state index < -0.39 is 5.76 Å². The van der Waals surface area contributed by atoms with Gasteiger partial charge in [-0.05, 0) is 48.5 Å². The number of pyridine rings is 1. The van der Waals surface area contributed by atoms with Gasteiger partial charge in [-0.15, -0.1) is 0 Å². The summed E-state index contributed by atoms with van der Waals surface area (Å²) in [6.45, 7) is -0.189. The van der Waals surface area contributed by atoms with Crippen molar-refractivity contribution in [2.75, 3.05) is 5.32 Å². The number of rotatable bonds is 5. The summed E-state index contributed by atoms with van der Waals surface area (Å²) in [6, 6.07) is 19.7. The zero-order valence-corrected chi connectivity index (χ0v) is 14.2. The second-order valence-electron chi connectivity index (χ2n) is 5.77. The molecule has 2 aromatic carbocycles. The summed E-state index contributed by atoms with van der Waals surface area (Å²) in [5, 5.41) is 2.74. The number of benzene rings is 2. The van der Waals surface area contributed by atoms with Crippen LogP contribution in [-0.4, -0.2) is 15.5 Å². The lowest BCUT2D eigenvalue weighted by molar-refractivity contribution is -0.116. The Balaban J connectivity index is 1.43. The molecule has 4 aromatic rings. The molecule has 0 aliphatic carbocycles. The number of para-hydroxylation sites is 1. The molecule has 0 saturated carbocycles. The molecule has 0 unspecified atom stereocenters. The second kappa shape index (κ2) is 7.17. The average Bonchev–Trinajstić information content (AvgIpc) is 2.99. The van der Waals surface area contributed by atoms with Crippen LogP contribution < -0.4 is 15.8 Å². The van der Waals surface area contributed by atoms with E-state index in [1.807, 2.05) is 30.3 Å². The highest BCUT2D eigenvalue weighted by Gasteiger charge is 2.13. The van der Waals surface area contributed by atoms with Crippen molar-refractivity contribution < 1.29 is 13.9 Å². The first-order valence-electron chi connectivity index (χ1n) is 8.26. The third-order valence-corrected chi connectivity index (χ3v) is 3.84. The Morgan fingerprint density at radius 1 is 1.00 bits per heavy atom. The number of hydrogen-bond donors (Lipinski definition) is 1. The van der Waals surface area contributed by atoms with E-state index in [1.54, 1.807) is 36.4 Å². The molecule has 0 radical (unpaired) electrons. The van der Waals surface area contributed by atoms with E-state index >= 15 is 0 Å². The largest absolute Gasteiger partial charge is 0.457 e. The molecule has 7 nitrogen and oxygen atoms in total. The maximum atomic E-state index is 12.3.